The average molecular weight is 306 g/mol. The van der Waals surface area contributed by atoms with Gasteiger partial charge in [0.15, 0.2) is 0 Å². The predicted molar refractivity (Wildman–Crippen MR) is 78.5 cm³/mol. The summed E-state index contributed by atoms with van der Waals surface area (Å²) >= 11 is 1.47. The van der Waals surface area contributed by atoms with Crippen LogP contribution in [0.25, 0.3) is 0 Å². The molecule has 110 valence electrons. The van der Waals surface area contributed by atoms with Crippen LogP contribution in [0.1, 0.15) is 24.4 Å². The quantitative estimate of drug-likeness (QED) is 0.572. The molecular formula is C12H15BN4O3S. The van der Waals surface area contributed by atoms with E-state index in [0.717, 1.165) is 23.6 Å². The second kappa shape index (κ2) is 6.04. The summed E-state index contributed by atoms with van der Waals surface area (Å²) in [7, 11) is 0.0699. The molecule has 1 aromatic carbocycles. The van der Waals surface area contributed by atoms with Crippen LogP contribution in [0.3, 0.4) is 0 Å². The second-order valence-electron chi connectivity index (χ2n) is 4.86. The standard InChI is InChI=1S/C12H15BN4O3S/c1-20-10-4-5-11(13(18)19)8(6-10)7-21-12-14-15-16-17(12)9-2-3-9/h4-6,9,18-19H,2-3,7H2,1H3. The SMILES string of the molecule is COc1ccc(B(O)O)c(CSc2nnnn2C2CC2)c1. The summed E-state index contributed by atoms with van der Waals surface area (Å²) in [6.45, 7) is 0. The Morgan fingerprint density at radius 2 is 2.24 bits per heavy atom. The first-order valence-corrected chi connectivity index (χ1v) is 7.61. The fourth-order valence-corrected chi connectivity index (χ4v) is 3.00. The number of hydrogen-bond acceptors (Lipinski definition) is 7. The normalized spacial score (nSPS) is 14.2. The van der Waals surface area contributed by atoms with Crippen molar-refractivity contribution in [2.75, 3.05) is 7.11 Å². The highest BCUT2D eigenvalue weighted by atomic mass is 32.2. The molecule has 1 saturated carbocycles. The molecule has 0 radical (unpaired) electrons. The van der Waals surface area contributed by atoms with E-state index in [1.54, 1.807) is 25.3 Å². The molecule has 0 unspecified atom stereocenters. The van der Waals surface area contributed by atoms with Crippen molar-refractivity contribution in [3.63, 3.8) is 0 Å². The highest BCUT2D eigenvalue weighted by Gasteiger charge is 2.28. The predicted octanol–water partition coefficient (Wildman–Crippen LogP) is -0.0113. The van der Waals surface area contributed by atoms with E-state index in [1.165, 1.54) is 11.8 Å². The van der Waals surface area contributed by atoms with Crippen molar-refractivity contribution in [3.8, 4) is 5.75 Å². The molecule has 0 atom stereocenters. The topological polar surface area (TPSA) is 93.3 Å². The van der Waals surface area contributed by atoms with Gasteiger partial charge in [-0.25, -0.2) is 4.68 Å². The lowest BCUT2D eigenvalue weighted by Crippen LogP contribution is -2.32. The zero-order chi connectivity index (χ0) is 14.8. The Balaban J connectivity index is 1.78. The van der Waals surface area contributed by atoms with E-state index < -0.39 is 7.12 Å². The minimum atomic E-state index is -1.51. The number of methoxy groups -OCH3 is 1. The van der Waals surface area contributed by atoms with Crippen molar-refractivity contribution in [2.45, 2.75) is 29.8 Å². The monoisotopic (exact) mass is 306 g/mol. The van der Waals surface area contributed by atoms with Gasteiger partial charge in [-0.15, -0.1) is 5.10 Å². The molecule has 1 aliphatic carbocycles. The zero-order valence-electron chi connectivity index (χ0n) is 11.5. The van der Waals surface area contributed by atoms with Crippen LogP contribution in [-0.2, 0) is 5.75 Å². The Kier molecular flexibility index (Phi) is 4.13. The molecule has 7 nitrogen and oxygen atoms in total. The summed E-state index contributed by atoms with van der Waals surface area (Å²) < 4.78 is 7.01. The van der Waals surface area contributed by atoms with E-state index in [0.29, 0.717) is 23.0 Å². The summed E-state index contributed by atoms with van der Waals surface area (Å²) in [6, 6.07) is 5.57. The van der Waals surface area contributed by atoms with Gasteiger partial charge in [0.05, 0.1) is 13.2 Å². The number of ether oxygens (including phenoxy) is 1. The van der Waals surface area contributed by atoms with Gasteiger partial charge in [-0.3, -0.25) is 0 Å². The molecule has 1 heterocycles. The first kappa shape index (κ1) is 14.4. The van der Waals surface area contributed by atoms with Gasteiger partial charge >= 0.3 is 7.12 Å². The van der Waals surface area contributed by atoms with Gasteiger partial charge in [-0.2, -0.15) is 0 Å². The van der Waals surface area contributed by atoms with Gasteiger partial charge in [-0.1, -0.05) is 17.8 Å². The molecule has 9 heteroatoms. The van der Waals surface area contributed by atoms with E-state index in [1.807, 2.05) is 4.68 Å². The minimum Gasteiger partial charge on any atom is -0.497 e. The number of rotatable bonds is 6. The van der Waals surface area contributed by atoms with Gasteiger partial charge in [0, 0.05) is 5.75 Å². The number of hydrogen-bond donors (Lipinski definition) is 2. The van der Waals surface area contributed by atoms with Crippen molar-refractivity contribution in [2.24, 2.45) is 0 Å². The Labute approximate surface area is 126 Å². The third-order valence-corrected chi connectivity index (χ3v) is 4.32. The van der Waals surface area contributed by atoms with Gasteiger partial charge in [0.2, 0.25) is 5.16 Å². The maximum Gasteiger partial charge on any atom is 0.488 e. The Hall–Kier alpha value is -1.58. The first-order valence-electron chi connectivity index (χ1n) is 6.62. The molecule has 1 aromatic heterocycles. The van der Waals surface area contributed by atoms with E-state index in [2.05, 4.69) is 15.5 Å². The molecule has 0 bridgehead atoms. The van der Waals surface area contributed by atoms with Crippen molar-refractivity contribution < 1.29 is 14.8 Å². The summed E-state index contributed by atoms with van der Waals surface area (Å²) in [5.74, 6) is 1.22. The third kappa shape index (κ3) is 3.20. The lowest BCUT2D eigenvalue weighted by molar-refractivity contribution is 0.413. The van der Waals surface area contributed by atoms with Crippen LogP contribution in [0.15, 0.2) is 23.4 Å². The van der Waals surface area contributed by atoms with Crippen LogP contribution < -0.4 is 10.2 Å². The fourth-order valence-electron chi connectivity index (χ4n) is 2.06. The van der Waals surface area contributed by atoms with Gasteiger partial charge < -0.3 is 14.8 Å². The zero-order valence-corrected chi connectivity index (χ0v) is 12.3. The summed E-state index contributed by atoms with van der Waals surface area (Å²) in [5.41, 5.74) is 1.26. The maximum absolute atomic E-state index is 9.44. The molecule has 0 amide bonds. The second-order valence-corrected chi connectivity index (χ2v) is 5.81. The summed E-state index contributed by atoms with van der Waals surface area (Å²) in [6.07, 6.45) is 2.22. The lowest BCUT2D eigenvalue weighted by Gasteiger charge is -2.10. The van der Waals surface area contributed by atoms with Crippen molar-refractivity contribution in [3.05, 3.63) is 23.8 Å². The minimum absolute atomic E-state index is 0.413. The highest BCUT2D eigenvalue weighted by molar-refractivity contribution is 7.98. The van der Waals surface area contributed by atoms with Gasteiger partial charge in [0.25, 0.3) is 0 Å². The first-order chi connectivity index (χ1) is 10.2. The van der Waals surface area contributed by atoms with Crippen molar-refractivity contribution in [1.82, 2.24) is 20.2 Å². The maximum atomic E-state index is 9.44. The number of benzene rings is 1. The molecule has 0 spiro atoms. The van der Waals surface area contributed by atoms with E-state index in [4.69, 9.17) is 4.74 Å². The van der Waals surface area contributed by atoms with Crippen molar-refractivity contribution in [1.29, 1.82) is 0 Å². The number of thioether (sulfide) groups is 1. The summed E-state index contributed by atoms with van der Waals surface area (Å²) in [4.78, 5) is 0. The van der Waals surface area contributed by atoms with Crippen LogP contribution in [0, 0.1) is 0 Å². The van der Waals surface area contributed by atoms with Crippen LogP contribution in [-0.4, -0.2) is 44.5 Å². The molecular weight excluding hydrogens is 291 g/mol. The van der Waals surface area contributed by atoms with Gasteiger partial charge in [0.1, 0.15) is 5.75 Å². The fraction of sp³-hybridized carbons (Fsp3) is 0.417. The van der Waals surface area contributed by atoms with Crippen LogP contribution >= 0.6 is 11.8 Å². The molecule has 1 aliphatic rings. The molecule has 0 saturated heterocycles. The lowest BCUT2D eigenvalue weighted by atomic mass is 9.77. The Morgan fingerprint density at radius 3 is 2.90 bits per heavy atom. The molecule has 2 aromatic rings. The Morgan fingerprint density at radius 1 is 1.43 bits per heavy atom. The molecule has 21 heavy (non-hydrogen) atoms. The average Bonchev–Trinajstić information content (AvgIpc) is 3.23. The number of tetrazole rings is 1. The van der Waals surface area contributed by atoms with Crippen LogP contribution in [0.4, 0.5) is 0 Å². The van der Waals surface area contributed by atoms with E-state index in [9.17, 15) is 10.0 Å². The van der Waals surface area contributed by atoms with Crippen LogP contribution in [0.2, 0.25) is 0 Å². The van der Waals surface area contributed by atoms with E-state index in [-0.39, 0.29) is 0 Å². The Bertz CT molecular complexity index is 633. The molecule has 0 aliphatic heterocycles. The largest absolute Gasteiger partial charge is 0.497 e. The van der Waals surface area contributed by atoms with Crippen LogP contribution in [0.5, 0.6) is 5.75 Å². The number of nitrogens with zero attached hydrogens (tertiary/aromatic N) is 4. The van der Waals surface area contributed by atoms with Gasteiger partial charge in [-0.05, 0) is 46.4 Å². The highest BCUT2D eigenvalue weighted by Crippen LogP contribution is 2.36. The number of aromatic nitrogens is 4. The van der Waals surface area contributed by atoms with E-state index >= 15 is 0 Å². The summed E-state index contributed by atoms with van der Waals surface area (Å²) in [5, 5.41) is 31.3. The molecule has 2 N–H and O–H groups in total. The molecule has 3 rings (SSSR count). The smallest absolute Gasteiger partial charge is 0.488 e. The third-order valence-electron chi connectivity index (χ3n) is 3.34. The molecule has 1 fully saturated rings. The van der Waals surface area contributed by atoms with Crippen molar-refractivity contribution >= 4 is 24.3 Å².